The second kappa shape index (κ2) is 5.58. The molecule has 0 aromatic rings. The lowest BCUT2D eigenvalue weighted by molar-refractivity contribution is -0.0948. The molecule has 0 fully saturated rings. The molecule has 102 valence electrons. The van der Waals surface area contributed by atoms with E-state index >= 15 is 0 Å². The third-order valence-electron chi connectivity index (χ3n) is 5.24. The highest BCUT2D eigenvalue weighted by Crippen LogP contribution is 2.46. The van der Waals surface area contributed by atoms with Crippen LogP contribution in [0.25, 0.3) is 0 Å². The number of aliphatic hydroxyl groups is 2. The summed E-state index contributed by atoms with van der Waals surface area (Å²) in [6.45, 7) is 4.46. The summed E-state index contributed by atoms with van der Waals surface area (Å²) >= 11 is 0. The Bertz CT molecular complexity index is 334. The Kier molecular flexibility index (Phi) is 4.29. The molecular formula is C16H26O2. The Labute approximate surface area is 110 Å². The summed E-state index contributed by atoms with van der Waals surface area (Å²) in [5.41, 5.74) is -0.334. The molecule has 0 aromatic carbocycles. The first-order chi connectivity index (χ1) is 8.62. The average Bonchev–Trinajstić information content (AvgIpc) is 2.39. The van der Waals surface area contributed by atoms with E-state index in [1.54, 1.807) is 0 Å². The van der Waals surface area contributed by atoms with Gasteiger partial charge in [0.05, 0.1) is 12.7 Å². The van der Waals surface area contributed by atoms with Crippen LogP contribution >= 0.6 is 0 Å². The van der Waals surface area contributed by atoms with Gasteiger partial charge in [0.1, 0.15) is 0 Å². The van der Waals surface area contributed by atoms with E-state index in [9.17, 15) is 10.2 Å². The lowest BCUT2D eigenvalue weighted by Gasteiger charge is -2.47. The zero-order chi connectivity index (χ0) is 13.2. The average molecular weight is 250 g/mol. The van der Waals surface area contributed by atoms with Crippen LogP contribution < -0.4 is 0 Å². The molecule has 0 bridgehead atoms. The molecule has 0 unspecified atom stereocenters. The summed E-state index contributed by atoms with van der Waals surface area (Å²) < 4.78 is 0. The molecule has 0 amide bonds. The number of hydrogen-bond acceptors (Lipinski definition) is 2. The first-order valence-corrected chi connectivity index (χ1v) is 7.20. The number of rotatable bonds is 3. The lowest BCUT2D eigenvalue weighted by atomic mass is 9.61. The Morgan fingerprint density at radius 2 is 1.78 bits per heavy atom. The normalized spacial score (nSPS) is 41.9. The van der Waals surface area contributed by atoms with Crippen LogP contribution in [0.4, 0.5) is 0 Å². The van der Waals surface area contributed by atoms with Gasteiger partial charge in [0.2, 0.25) is 0 Å². The molecule has 0 aromatic heterocycles. The fourth-order valence-electron chi connectivity index (χ4n) is 3.60. The molecule has 2 aliphatic carbocycles. The van der Waals surface area contributed by atoms with Crippen molar-refractivity contribution in [3.8, 4) is 0 Å². The SMILES string of the molecule is C[C@@H]1CC=CC[C@H]1[C@H](O)[C@]1(CO)CC=CC[C@@H]1C. The van der Waals surface area contributed by atoms with E-state index in [4.69, 9.17) is 0 Å². The smallest absolute Gasteiger partial charge is 0.0657 e. The van der Waals surface area contributed by atoms with Crippen molar-refractivity contribution in [2.45, 2.75) is 45.6 Å². The van der Waals surface area contributed by atoms with E-state index in [-0.39, 0.29) is 17.9 Å². The van der Waals surface area contributed by atoms with Crippen LogP contribution in [0.15, 0.2) is 24.3 Å². The zero-order valence-corrected chi connectivity index (χ0v) is 11.5. The van der Waals surface area contributed by atoms with Gasteiger partial charge in [0.25, 0.3) is 0 Å². The minimum absolute atomic E-state index is 0.0899. The number of hydrogen-bond donors (Lipinski definition) is 2. The third-order valence-corrected chi connectivity index (χ3v) is 5.24. The van der Waals surface area contributed by atoms with Crippen molar-refractivity contribution in [1.82, 2.24) is 0 Å². The minimum Gasteiger partial charge on any atom is -0.396 e. The molecule has 0 radical (unpaired) electrons. The second-order valence-corrected chi connectivity index (χ2v) is 6.23. The predicted molar refractivity (Wildman–Crippen MR) is 74.1 cm³/mol. The maximum absolute atomic E-state index is 10.9. The molecule has 0 saturated carbocycles. The molecule has 0 heterocycles. The summed E-state index contributed by atoms with van der Waals surface area (Å²) in [6.07, 6.45) is 12.1. The summed E-state index contributed by atoms with van der Waals surface area (Å²) in [5.74, 6) is 1.14. The molecule has 2 aliphatic rings. The van der Waals surface area contributed by atoms with E-state index in [0.717, 1.165) is 25.7 Å². The molecule has 0 aliphatic heterocycles. The van der Waals surface area contributed by atoms with Crippen molar-refractivity contribution in [2.75, 3.05) is 6.61 Å². The van der Waals surface area contributed by atoms with E-state index < -0.39 is 6.10 Å². The highest BCUT2D eigenvalue weighted by atomic mass is 16.3. The van der Waals surface area contributed by atoms with E-state index in [0.29, 0.717) is 11.8 Å². The second-order valence-electron chi connectivity index (χ2n) is 6.23. The predicted octanol–water partition coefficient (Wildman–Crippen LogP) is 2.91. The first kappa shape index (κ1) is 13.8. The van der Waals surface area contributed by atoms with Gasteiger partial charge in [-0.05, 0) is 43.4 Å². The van der Waals surface area contributed by atoms with Gasteiger partial charge in [-0.2, -0.15) is 0 Å². The van der Waals surface area contributed by atoms with E-state index in [1.165, 1.54) is 0 Å². The molecule has 2 rings (SSSR count). The molecule has 0 spiro atoms. The van der Waals surface area contributed by atoms with Crippen LogP contribution in [0, 0.1) is 23.2 Å². The number of allylic oxidation sites excluding steroid dienone is 4. The molecule has 18 heavy (non-hydrogen) atoms. The van der Waals surface area contributed by atoms with Gasteiger partial charge in [-0.1, -0.05) is 38.2 Å². The maximum atomic E-state index is 10.9. The van der Waals surface area contributed by atoms with Crippen LogP contribution in [0.2, 0.25) is 0 Å². The Hall–Kier alpha value is -0.600. The molecule has 2 nitrogen and oxygen atoms in total. The van der Waals surface area contributed by atoms with Gasteiger partial charge in [-0.25, -0.2) is 0 Å². The van der Waals surface area contributed by atoms with Crippen molar-refractivity contribution in [3.05, 3.63) is 24.3 Å². The highest BCUT2D eigenvalue weighted by Gasteiger charge is 2.46. The summed E-state index contributed by atoms with van der Waals surface area (Å²) in [5, 5.41) is 20.7. The quantitative estimate of drug-likeness (QED) is 0.756. The molecule has 5 atom stereocenters. The van der Waals surface area contributed by atoms with Crippen LogP contribution in [-0.2, 0) is 0 Å². The van der Waals surface area contributed by atoms with E-state index in [2.05, 4.69) is 38.2 Å². The lowest BCUT2D eigenvalue weighted by Crippen LogP contribution is -2.50. The first-order valence-electron chi connectivity index (χ1n) is 7.20. The zero-order valence-electron chi connectivity index (χ0n) is 11.5. The van der Waals surface area contributed by atoms with Gasteiger partial charge in [0.15, 0.2) is 0 Å². The standard InChI is InChI=1S/C16H26O2/c1-12-7-3-4-9-14(12)15(18)16(11-17)10-6-5-8-13(16)2/h3-6,12-15,17-18H,7-11H2,1-2H3/t12-,13+,14-,15+,16+/m1/s1. The fraction of sp³-hybridized carbons (Fsp3) is 0.750. The van der Waals surface area contributed by atoms with Crippen molar-refractivity contribution in [1.29, 1.82) is 0 Å². The van der Waals surface area contributed by atoms with Crippen LogP contribution in [-0.4, -0.2) is 22.9 Å². The highest BCUT2D eigenvalue weighted by molar-refractivity contribution is 5.07. The van der Waals surface area contributed by atoms with Crippen LogP contribution in [0.5, 0.6) is 0 Å². The Morgan fingerprint density at radius 3 is 2.39 bits per heavy atom. The monoisotopic (exact) mass is 250 g/mol. The maximum Gasteiger partial charge on any atom is 0.0657 e. The summed E-state index contributed by atoms with van der Waals surface area (Å²) in [6, 6.07) is 0. The molecular weight excluding hydrogens is 224 g/mol. The van der Waals surface area contributed by atoms with Gasteiger partial charge < -0.3 is 10.2 Å². The van der Waals surface area contributed by atoms with Gasteiger partial charge in [0, 0.05) is 5.41 Å². The Balaban J connectivity index is 2.21. The molecule has 2 heteroatoms. The largest absolute Gasteiger partial charge is 0.396 e. The van der Waals surface area contributed by atoms with Gasteiger partial charge >= 0.3 is 0 Å². The summed E-state index contributed by atoms with van der Waals surface area (Å²) in [7, 11) is 0. The van der Waals surface area contributed by atoms with Crippen molar-refractivity contribution >= 4 is 0 Å². The van der Waals surface area contributed by atoms with Crippen molar-refractivity contribution in [2.24, 2.45) is 23.2 Å². The molecule has 2 N–H and O–H groups in total. The fourth-order valence-corrected chi connectivity index (χ4v) is 3.60. The van der Waals surface area contributed by atoms with Crippen LogP contribution in [0.1, 0.15) is 39.5 Å². The topological polar surface area (TPSA) is 40.5 Å². The molecule has 0 saturated heterocycles. The van der Waals surface area contributed by atoms with Gasteiger partial charge in [-0.3, -0.25) is 0 Å². The minimum atomic E-state index is -0.401. The van der Waals surface area contributed by atoms with Crippen LogP contribution in [0.3, 0.4) is 0 Å². The van der Waals surface area contributed by atoms with Gasteiger partial charge in [-0.15, -0.1) is 0 Å². The van der Waals surface area contributed by atoms with Crippen molar-refractivity contribution in [3.63, 3.8) is 0 Å². The summed E-state index contributed by atoms with van der Waals surface area (Å²) in [4.78, 5) is 0. The Morgan fingerprint density at radius 1 is 1.11 bits per heavy atom. The van der Waals surface area contributed by atoms with E-state index in [1.807, 2.05) is 0 Å². The number of aliphatic hydroxyl groups excluding tert-OH is 2. The van der Waals surface area contributed by atoms with Crippen molar-refractivity contribution < 1.29 is 10.2 Å². The third kappa shape index (κ3) is 2.28.